The van der Waals surface area contributed by atoms with Crippen molar-refractivity contribution in [3.05, 3.63) is 71.3 Å². The molecule has 0 radical (unpaired) electrons. The lowest BCUT2D eigenvalue weighted by atomic mass is 9.95. The van der Waals surface area contributed by atoms with Crippen molar-refractivity contribution in [2.45, 2.75) is 25.6 Å². The standard InChI is InChI=1S/C19H20N2O4/c20-18(22)24-13-17-10-15-8-4-5-9-16(15)11-21(17)19(23)25-12-14-6-2-1-3-7-14/h1-9,17H,10-13H2,(H2,20,22). The van der Waals surface area contributed by atoms with Crippen molar-refractivity contribution in [3.8, 4) is 0 Å². The molecule has 2 aromatic carbocycles. The normalized spacial score (nSPS) is 16.0. The highest BCUT2D eigenvalue weighted by Crippen LogP contribution is 2.24. The summed E-state index contributed by atoms with van der Waals surface area (Å²) in [5.41, 5.74) is 8.18. The van der Waals surface area contributed by atoms with Gasteiger partial charge in [-0.15, -0.1) is 0 Å². The number of amides is 2. The first-order valence-corrected chi connectivity index (χ1v) is 8.10. The first-order chi connectivity index (χ1) is 12.1. The molecule has 0 fully saturated rings. The van der Waals surface area contributed by atoms with E-state index in [0.29, 0.717) is 13.0 Å². The molecular weight excluding hydrogens is 320 g/mol. The average Bonchev–Trinajstić information content (AvgIpc) is 2.64. The van der Waals surface area contributed by atoms with Gasteiger partial charge in [-0.2, -0.15) is 0 Å². The molecule has 1 heterocycles. The number of primary amides is 1. The Kier molecular flexibility index (Phi) is 5.18. The van der Waals surface area contributed by atoms with Crippen LogP contribution in [0.3, 0.4) is 0 Å². The van der Waals surface area contributed by atoms with Crippen LogP contribution in [-0.2, 0) is 29.0 Å². The lowest BCUT2D eigenvalue weighted by Gasteiger charge is -2.35. The molecule has 6 nitrogen and oxygen atoms in total. The number of hydrogen-bond donors (Lipinski definition) is 1. The van der Waals surface area contributed by atoms with Gasteiger partial charge < -0.3 is 15.2 Å². The summed E-state index contributed by atoms with van der Waals surface area (Å²) in [5.74, 6) is 0. The zero-order valence-corrected chi connectivity index (χ0v) is 13.8. The van der Waals surface area contributed by atoms with Crippen molar-refractivity contribution in [1.29, 1.82) is 0 Å². The van der Waals surface area contributed by atoms with Gasteiger partial charge in [-0.25, -0.2) is 9.59 Å². The highest BCUT2D eigenvalue weighted by molar-refractivity contribution is 5.69. The number of hydrogen-bond acceptors (Lipinski definition) is 4. The molecule has 2 aromatic rings. The molecule has 6 heteroatoms. The van der Waals surface area contributed by atoms with Crippen molar-refractivity contribution in [2.24, 2.45) is 5.73 Å². The number of carbonyl (C=O) groups excluding carboxylic acids is 2. The third-order valence-electron chi connectivity index (χ3n) is 4.21. The first-order valence-electron chi connectivity index (χ1n) is 8.10. The van der Waals surface area contributed by atoms with Gasteiger partial charge in [0.25, 0.3) is 0 Å². The SMILES string of the molecule is NC(=O)OCC1Cc2ccccc2CN1C(=O)OCc1ccccc1. The van der Waals surface area contributed by atoms with Gasteiger partial charge in [0.1, 0.15) is 13.2 Å². The van der Waals surface area contributed by atoms with E-state index in [9.17, 15) is 9.59 Å². The summed E-state index contributed by atoms with van der Waals surface area (Å²) in [6.07, 6.45) is -0.697. The van der Waals surface area contributed by atoms with Crippen molar-refractivity contribution in [1.82, 2.24) is 4.90 Å². The maximum atomic E-state index is 12.6. The fourth-order valence-electron chi connectivity index (χ4n) is 2.93. The number of nitrogens with zero attached hydrogens (tertiary/aromatic N) is 1. The van der Waals surface area contributed by atoms with Gasteiger partial charge in [0.2, 0.25) is 0 Å². The summed E-state index contributed by atoms with van der Waals surface area (Å²) in [6, 6.07) is 17.1. The maximum Gasteiger partial charge on any atom is 0.410 e. The summed E-state index contributed by atoms with van der Waals surface area (Å²) in [4.78, 5) is 25.1. The molecule has 2 N–H and O–H groups in total. The Morgan fingerprint density at radius 1 is 1.00 bits per heavy atom. The van der Waals surface area contributed by atoms with Crippen LogP contribution in [0.15, 0.2) is 54.6 Å². The minimum Gasteiger partial charge on any atom is -0.448 e. The molecule has 0 bridgehead atoms. The molecule has 0 saturated heterocycles. The molecule has 0 spiro atoms. The lowest BCUT2D eigenvalue weighted by molar-refractivity contribution is 0.0505. The van der Waals surface area contributed by atoms with Gasteiger partial charge in [0, 0.05) is 6.54 Å². The van der Waals surface area contributed by atoms with Crippen molar-refractivity contribution < 1.29 is 19.1 Å². The minimum atomic E-state index is -0.850. The van der Waals surface area contributed by atoms with E-state index in [0.717, 1.165) is 16.7 Å². The fourth-order valence-corrected chi connectivity index (χ4v) is 2.93. The third-order valence-corrected chi connectivity index (χ3v) is 4.21. The van der Waals surface area contributed by atoms with Gasteiger partial charge >= 0.3 is 12.2 Å². The predicted molar refractivity (Wildman–Crippen MR) is 91.6 cm³/mol. The highest BCUT2D eigenvalue weighted by Gasteiger charge is 2.31. The monoisotopic (exact) mass is 340 g/mol. The van der Waals surface area contributed by atoms with Crippen molar-refractivity contribution >= 4 is 12.2 Å². The van der Waals surface area contributed by atoms with Crippen molar-refractivity contribution in [3.63, 3.8) is 0 Å². The lowest BCUT2D eigenvalue weighted by Crippen LogP contribution is -2.47. The van der Waals surface area contributed by atoms with Crippen molar-refractivity contribution in [2.75, 3.05) is 6.61 Å². The number of carbonyl (C=O) groups is 2. The van der Waals surface area contributed by atoms with Crippen LogP contribution < -0.4 is 5.73 Å². The molecule has 1 aliphatic heterocycles. The molecule has 1 aliphatic rings. The molecule has 25 heavy (non-hydrogen) atoms. The Morgan fingerprint density at radius 3 is 2.40 bits per heavy atom. The Bertz CT molecular complexity index is 748. The van der Waals surface area contributed by atoms with Gasteiger partial charge in [0.05, 0.1) is 6.04 Å². The second-order valence-electron chi connectivity index (χ2n) is 5.92. The first kappa shape index (κ1) is 16.8. The summed E-state index contributed by atoms with van der Waals surface area (Å²) in [5, 5.41) is 0. The van der Waals surface area contributed by atoms with E-state index in [1.54, 1.807) is 4.90 Å². The van der Waals surface area contributed by atoms with E-state index in [-0.39, 0.29) is 19.3 Å². The Hall–Kier alpha value is -3.02. The molecule has 1 unspecified atom stereocenters. The smallest absolute Gasteiger partial charge is 0.410 e. The van der Waals surface area contributed by atoms with Crippen LogP contribution in [0.5, 0.6) is 0 Å². The quantitative estimate of drug-likeness (QED) is 0.928. The van der Waals surface area contributed by atoms with E-state index in [4.69, 9.17) is 15.2 Å². The summed E-state index contributed by atoms with van der Waals surface area (Å²) >= 11 is 0. The number of ether oxygens (including phenoxy) is 2. The van der Waals surface area contributed by atoms with E-state index in [2.05, 4.69) is 0 Å². The molecule has 0 saturated carbocycles. The molecule has 3 rings (SSSR count). The summed E-state index contributed by atoms with van der Waals surface area (Å²) in [7, 11) is 0. The van der Waals surface area contributed by atoms with Crippen LogP contribution >= 0.6 is 0 Å². The zero-order valence-electron chi connectivity index (χ0n) is 13.8. The molecule has 0 aliphatic carbocycles. The average molecular weight is 340 g/mol. The van der Waals surface area contributed by atoms with E-state index >= 15 is 0 Å². The molecular formula is C19H20N2O4. The van der Waals surface area contributed by atoms with Gasteiger partial charge in [-0.05, 0) is 23.1 Å². The number of rotatable bonds is 4. The van der Waals surface area contributed by atoms with E-state index in [1.807, 2.05) is 54.6 Å². The van der Waals surface area contributed by atoms with Gasteiger partial charge in [-0.1, -0.05) is 54.6 Å². The highest BCUT2D eigenvalue weighted by atomic mass is 16.6. The second-order valence-corrected chi connectivity index (χ2v) is 5.92. The second kappa shape index (κ2) is 7.70. The largest absolute Gasteiger partial charge is 0.448 e. The Balaban J connectivity index is 1.71. The van der Waals surface area contributed by atoms with E-state index < -0.39 is 12.2 Å². The van der Waals surface area contributed by atoms with Gasteiger partial charge in [0.15, 0.2) is 0 Å². The van der Waals surface area contributed by atoms with Crippen LogP contribution in [-0.4, -0.2) is 29.7 Å². The molecule has 1 atom stereocenters. The van der Waals surface area contributed by atoms with Crippen LogP contribution in [0.4, 0.5) is 9.59 Å². The number of fused-ring (bicyclic) bond motifs is 1. The fraction of sp³-hybridized carbons (Fsp3) is 0.263. The zero-order chi connectivity index (χ0) is 17.6. The maximum absolute atomic E-state index is 12.6. The Labute approximate surface area is 146 Å². The van der Waals surface area contributed by atoms with Crippen LogP contribution in [0.1, 0.15) is 16.7 Å². The third kappa shape index (κ3) is 4.29. The topological polar surface area (TPSA) is 81.9 Å². The predicted octanol–water partition coefficient (Wildman–Crippen LogP) is 2.85. The minimum absolute atomic E-state index is 0.0457. The summed E-state index contributed by atoms with van der Waals surface area (Å²) < 4.78 is 10.4. The molecule has 0 aromatic heterocycles. The summed E-state index contributed by atoms with van der Waals surface area (Å²) in [6.45, 7) is 0.655. The van der Waals surface area contributed by atoms with Crippen LogP contribution in [0.2, 0.25) is 0 Å². The van der Waals surface area contributed by atoms with E-state index in [1.165, 1.54) is 0 Å². The number of benzene rings is 2. The van der Waals surface area contributed by atoms with Crippen LogP contribution in [0.25, 0.3) is 0 Å². The molecule has 2 amide bonds. The number of nitrogens with two attached hydrogens (primary N) is 1. The van der Waals surface area contributed by atoms with Gasteiger partial charge in [-0.3, -0.25) is 4.90 Å². The van der Waals surface area contributed by atoms with Crippen LogP contribution in [0, 0.1) is 0 Å². The molecule has 130 valence electrons. The Morgan fingerprint density at radius 2 is 1.68 bits per heavy atom.